The first-order valence-corrected chi connectivity index (χ1v) is 9.04. The van der Waals surface area contributed by atoms with Gasteiger partial charge in [-0.15, -0.1) is 10.2 Å². The Hall–Kier alpha value is -2.32. The summed E-state index contributed by atoms with van der Waals surface area (Å²) < 4.78 is 8.10. The monoisotopic (exact) mass is 356 g/mol. The van der Waals surface area contributed by atoms with E-state index in [1.54, 1.807) is 17.5 Å². The van der Waals surface area contributed by atoms with Gasteiger partial charge in [0.2, 0.25) is 5.13 Å². The summed E-state index contributed by atoms with van der Waals surface area (Å²) in [5.74, 6) is 0.247. The molecule has 130 valence electrons. The van der Waals surface area contributed by atoms with Crippen LogP contribution in [0.25, 0.3) is 0 Å². The minimum Gasteiger partial charge on any atom is -0.376 e. The number of hydrogen-bond acceptors (Lipinski definition) is 7. The van der Waals surface area contributed by atoms with Crippen LogP contribution < -0.4 is 4.90 Å². The molecule has 0 aliphatic carbocycles. The largest absolute Gasteiger partial charge is 0.376 e. The molecule has 1 aliphatic heterocycles. The number of aromatic nitrogens is 5. The van der Waals surface area contributed by atoms with Crippen molar-refractivity contribution in [2.24, 2.45) is 7.05 Å². The van der Waals surface area contributed by atoms with Gasteiger partial charge in [-0.25, -0.2) is 4.98 Å². The van der Waals surface area contributed by atoms with Crippen molar-refractivity contribution in [3.8, 4) is 0 Å². The van der Waals surface area contributed by atoms with Gasteiger partial charge in [-0.05, 0) is 18.6 Å². The summed E-state index contributed by atoms with van der Waals surface area (Å²) >= 11 is 1.62. The van der Waals surface area contributed by atoms with Crippen LogP contribution in [0.15, 0.2) is 30.9 Å². The van der Waals surface area contributed by atoms with Gasteiger partial charge in [0.05, 0.1) is 31.8 Å². The number of imidazole rings is 1. The van der Waals surface area contributed by atoms with Gasteiger partial charge in [-0.1, -0.05) is 17.4 Å². The summed E-state index contributed by atoms with van der Waals surface area (Å²) in [4.78, 5) is 10.9. The smallest absolute Gasteiger partial charge is 0.208 e. The van der Waals surface area contributed by atoms with Gasteiger partial charge in [-0.3, -0.25) is 4.98 Å². The lowest BCUT2D eigenvalue weighted by Crippen LogP contribution is -2.36. The van der Waals surface area contributed by atoms with Crippen LogP contribution in [0, 0.1) is 6.92 Å². The number of ether oxygens (including phenoxy) is 1. The van der Waals surface area contributed by atoms with E-state index >= 15 is 0 Å². The van der Waals surface area contributed by atoms with Crippen LogP contribution in [0.5, 0.6) is 0 Å². The standard InChI is InChI=1S/C17H20N6OS/c1-12-20-21-17(25-12)23-7-14(16-15(8-23)19-11-22(16)2)10-24-9-13-4-3-5-18-6-13/h3-6,11,14H,7-10H2,1-2H3. The van der Waals surface area contributed by atoms with Gasteiger partial charge in [0.15, 0.2) is 0 Å². The Morgan fingerprint density at radius 1 is 1.36 bits per heavy atom. The highest BCUT2D eigenvalue weighted by Crippen LogP contribution is 2.32. The predicted molar refractivity (Wildman–Crippen MR) is 95.5 cm³/mol. The molecule has 0 amide bonds. The fourth-order valence-electron chi connectivity index (χ4n) is 3.23. The molecule has 0 radical (unpaired) electrons. The molecule has 3 aromatic heterocycles. The second-order valence-electron chi connectivity index (χ2n) is 6.24. The molecule has 0 N–H and O–H groups in total. The molecule has 1 aliphatic rings. The molecular weight excluding hydrogens is 336 g/mol. The topological polar surface area (TPSA) is 69.0 Å². The zero-order chi connectivity index (χ0) is 17.2. The van der Waals surface area contributed by atoms with Gasteiger partial charge < -0.3 is 14.2 Å². The van der Waals surface area contributed by atoms with Crippen molar-refractivity contribution in [1.82, 2.24) is 24.7 Å². The molecule has 1 atom stereocenters. The maximum atomic E-state index is 5.99. The first-order valence-electron chi connectivity index (χ1n) is 8.22. The molecule has 8 heteroatoms. The third kappa shape index (κ3) is 3.40. The highest BCUT2D eigenvalue weighted by molar-refractivity contribution is 7.15. The predicted octanol–water partition coefficient (Wildman–Crippen LogP) is 2.30. The van der Waals surface area contributed by atoms with Gasteiger partial charge >= 0.3 is 0 Å². The lowest BCUT2D eigenvalue weighted by Gasteiger charge is -2.32. The summed E-state index contributed by atoms with van der Waals surface area (Å²) in [7, 11) is 2.05. The van der Waals surface area contributed by atoms with Gasteiger partial charge in [-0.2, -0.15) is 0 Å². The van der Waals surface area contributed by atoms with Crippen molar-refractivity contribution in [3.05, 3.63) is 52.8 Å². The van der Waals surface area contributed by atoms with E-state index < -0.39 is 0 Å². The van der Waals surface area contributed by atoms with E-state index in [4.69, 9.17) is 4.74 Å². The Morgan fingerprint density at radius 2 is 2.28 bits per heavy atom. The fraction of sp³-hybridized carbons (Fsp3) is 0.412. The third-order valence-electron chi connectivity index (χ3n) is 4.33. The maximum Gasteiger partial charge on any atom is 0.208 e. The molecule has 7 nitrogen and oxygen atoms in total. The Morgan fingerprint density at radius 3 is 3.04 bits per heavy atom. The SMILES string of the molecule is Cc1nnc(N2Cc3ncn(C)c3C(COCc3cccnc3)C2)s1. The summed E-state index contributed by atoms with van der Waals surface area (Å²) in [6, 6.07) is 3.96. The second kappa shape index (κ2) is 6.89. The van der Waals surface area contributed by atoms with E-state index in [1.165, 1.54) is 5.69 Å². The lowest BCUT2D eigenvalue weighted by atomic mass is 9.99. The van der Waals surface area contributed by atoms with Crippen LogP contribution in [-0.4, -0.2) is 37.9 Å². The summed E-state index contributed by atoms with van der Waals surface area (Å²) in [5, 5.41) is 10.4. The summed E-state index contributed by atoms with van der Waals surface area (Å²) in [6.45, 7) is 4.80. The molecule has 0 bridgehead atoms. The molecule has 1 unspecified atom stereocenters. The molecule has 4 heterocycles. The maximum absolute atomic E-state index is 5.99. The minimum absolute atomic E-state index is 0.247. The van der Waals surface area contributed by atoms with E-state index in [1.807, 2.05) is 38.6 Å². The Kier molecular flexibility index (Phi) is 4.46. The van der Waals surface area contributed by atoms with E-state index in [9.17, 15) is 0 Å². The molecule has 0 fully saturated rings. The van der Waals surface area contributed by atoms with Gasteiger partial charge in [0.25, 0.3) is 0 Å². The number of fused-ring (bicyclic) bond motifs is 1. The number of aryl methyl sites for hydroxylation is 2. The number of hydrogen-bond donors (Lipinski definition) is 0. The van der Waals surface area contributed by atoms with E-state index in [2.05, 4.69) is 29.6 Å². The van der Waals surface area contributed by atoms with Crippen LogP contribution in [0.4, 0.5) is 5.13 Å². The second-order valence-corrected chi connectivity index (χ2v) is 7.41. The average Bonchev–Trinajstić information content (AvgIpc) is 3.22. The van der Waals surface area contributed by atoms with E-state index in [-0.39, 0.29) is 5.92 Å². The van der Waals surface area contributed by atoms with Crippen molar-refractivity contribution in [3.63, 3.8) is 0 Å². The Labute approximate surface area is 150 Å². The zero-order valence-electron chi connectivity index (χ0n) is 14.3. The van der Waals surface area contributed by atoms with Crippen LogP contribution in [-0.2, 0) is 24.9 Å². The molecule has 0 saturated carbocycles. The van der Waals surface area contributed by atoms with Crippen LogP contribution >= 0.6 is 11.3 Å². The number of rotatable bonds is 5. The van der Waals surface area contributed by atoms with Crippen molar-refractivity contribution in [2.75, 3.05) is 18.1 Å². The molecule has 4 rings (SSSR count). The summed E-state index contributed by atoms with van der Waals surface area (Å²) in [6.07, 6.45) is 5.49. The van der Waals surface area contributed by atoms with Crippen LogP contribution in [0.2, 0.25) is 0 Å². The first kappa shape index (κ1) is 16.2. The zero-order valence-corrected chi connectivity index (χ0v) is 15.1. The normalized spacial score (nSPS) is 16.9. The molecule has 3 aromatic rings. The molecule has 0 spiro atoms. The molecule has 0 saturated heterocycles. The van der Waals surface area contributed by atoms with Gasteiger partial charge in [0.1, 0.15) is 5.01 Å². The van der Waals surface area contributed by atoms with Gasteiger partial charge in [0, 0.05) is 37.6 Å². The van der Waals surface area contributed by atoms with Crippen molar-refractivity contribution < 1.29 is 4.74 Å². The quantitative estimate of drug-likeness (QED) is 0.699. The highest BCUT2D eigenvalue weighted by Gasteiger charge is 2.30. The number of pyridine rings is 1. The van der Waals surface area contributed by atoms with Crippen LogP contribution in [0.1, 0.15) is 27.9 Å². The van der Waals surface area contributed by atoms with Crippen molar-refractivity contribution >= 4 is 16.5 Å². The number of nitrogens with zero attached hydrogens (tertiary/aromatic N) is 6. The molecular formula is C17H20N6OS. The average molecular weight is 356 g/mol. The minimum atomic E-state index is 0.247. The summed E-state index contributed by atoms with van der Waals surface area (Å²) in [5.41, 5.74) is 3.43. The molecule has 25 heavy (non-hydrogen) atoms. The third-order valence-corrected chi connectivity index (χ3v) is 5.23. The Balaban J connectivity index is 1.49. The van der Waals surface area contributed by atoms with Crippen molar-refractivity contribution in [2.45, 2.75) is 26.0 Å². The Bertz CT molecular complexity index is 846. The molecule has 0 aromatic carbocycles. The fourth-order valence-corrected chi connectivity index (χ4v) is 3.92. The van der Waals surface area contributed by atoms with E-state index in [0.29, 0.717) is 13.2 Å². The van der Waals surface area contributed by atoms with E-state index in [0.717, 1.165) is 34.5 Å². The highest BCUT2D eigenvalue weighted by atomic mass is 32.1. The number of anilines is 1. The first-order chi connectivity index (χ1) is 12.2. The van der Waals surface area contributed by atoms with Crippen molar-refractivity contribution in [1.29, 1.82) is 0 Å². The lowest BCUT2D eigenvalue weighted by molar-refractivity contribution is 0.104. The van der Waals surface area contributed by atoms with Crippen LogP contribution in [0.3, 0.4) is 0 Å².